The molecule has 0 saturated heterocycles. The Morgan fingerprint density at radius 1 is 1.14 bits per heavy atom. The van der Waals surface area contributed by atoms with Crippen LogP contribution in [0.5, 0.6) is 0 Å². The van der Waals surface area contributed by atoms with Crippen molar-refractivity contribution in [3.8, 4) is 0 Å². The predicted molar refractivity (Wildman–Crippen MR) is 135 cm³/mol. The number of carbonyl (C=O) groups is 1. The number of anilines is 1. The largest absolute Gasteiger partial charge is 0.354 e. The third-order valence-electron chi connectivity index (χ3n) is 4.79. The zero-order valence-corrected chi connectivity index (χ0v) is 21.1. The lowest BCUT2D eigenvalue weighted by atomic mass is 10.1. The first-order valence-electron chi connectivity index (χ1n) is 10.6. The van der Waals surface area contributed by atoms with E-state index in [2.05, 4.69) is 46.6 Å². The average molecular weight is 518 g/mol. The Kier molecular flexibility index (Phi) is 15.7. The molecule has 0 aromatic heterocycles. The third kappa shape index (κ3) is 12.1. The van der Waals surface area contributed by atoms with Crippen LogP contribution in [-0.4, -0.2) is 49.5 Å². The molecule has 1 rings (SSSR count). The number of aliphatic imine (C=N–C) groups is 1. The fourth-order valence-electron chi connectivity index (χ4n) is 3.00. The first-order valence-corrected chi connectivity index (χ1v) is 10.6. The summed E-state index contributed by atoms with van der Waals surface area (Å²) in [5, 5.41) is 9.73. The van der Waals surface area contributed by atoms with E-state index in [1.54, 1.807) is 7.05 Å². The molecule has 0 heterocycles. The number of halogens is 1. The van der Waals surface area contributed by atoms with Crippen LogP contribution in [0.25, 0.3) is 0 Å². The molecule has 166 valence electrons. The molecule has 0 bridgehead atoms. The molecule has 1 amide bonds. The zero-order chi connectivity index (χ0) is 20.8. The maximum absolute atomic E-state index is 11.7. The molecule has 0 radical (unpaired) electrons. The monoisotopic (exact) mass is 517 g/mol. The topological polar surface area (TPSA) is 68.8 Å². The standard InChI is InChI=1S/C22H39N5O.HI/c1-6-10-21(28)26-20-14-12-19(13-15-20)17-24-22(23-5)25-18(4)11-9-16-27(7-2)8-3;/h12-15,18H,6-11,16-17H2,1-5H3,(H,26,28)(H2,23,24,25);1H. The maximum Gasteiger partial charge on any atom is 0.224 e. The van der Waals surface area contributed by atoms with Crippen molar-refractivity contribution in [1.82, 2.24) is 15.5 Å². The van der Waals surface area contributed by atoms with E-state index in [9.17, 15) is 4.79 Å². The quantitative estimate of drug-likeness (QED) is 0.221. The van der Waals surface area contributed by atoms with Gasteiger partial charge in [0, 0.05) is 31.7 Å². The van der Waals surface area contributed by atoms with Crippen LogP contribution in [-0.2, 0) is 11.3 Å². The summed E-state index contributed by atoms with van der Waals surface area (Å²) >= 11 is 0. The second-order valence-corrected chi connectivity index (χ2v) is 7.14. The summed E-state index contributed by atoms with van der Waals surface area (Å²) in [5.41, 5.74) is 1.98. The molecule has 3 N–H and O–H groups in total. The molecule has 0 aliphatic heterocycles. The van der Waals surface area contributed by atoms with E-state index in [4.69, 9.17) is 0 Å². The van der Waals surface area contributed by atoms with Crippen molar-refractivity contribution in [3.63, 3.8) is 0 Å². The van der Waals surface area contributed by atoms with Crippen LogP contribution in [0.2, 0.25) is 0 Å². The van der Waals surface area contributed by atoms with Gasteiger partial charge in [-0.15, -0.1) is 24.0 Å². The number of nitrogens with zero attached hydrogens (tertiary/aromatic N) is 2. The molecule has 0 aliphatic carbocycles. The Bertz CT molecular complexity index is 587. The Balaban J connectivity index is 0.00000784. The Morgan fingerprint density at radius 2 is 1.79 bits per heavy atom. The van der Waals surface area contributed by atoms with E-state index in [1.807, 2.05) is 31.2 Å². The second kappa shape index (κ2) is 16.4. The zero-order valence-electron chi connectivity index (χ0n) is 18.8. The van der Waals surface area contributed by atoms with E-state index in [0.717, 1.165) is 49.7 Å². The number of benzene rings is 1. The molecule has 29 heavy (non-hydrogen) atoms. The number of carbonyl (C=O) groups excluding carboxylic acids is 1. The molecule has 0 aliphatic rings. The van der Waals surface area contributed by atoms with E-state index < -0.39 is 0 Å². The summed E-state index contributed by atoms with van der Waals surface area (Å²) in [6, 6.07) is 8.30. The van der Waals surface area contributed by atoms with Gasteiger partial charge in [0.05, 0.1) is 0 Å². The molecular formula is C22H40IN5O. The Labute approximate surface area is 194 Å². The lowest BCUT2D eigenvalue weighted by molar-refractivity contribution is -0.116. The minimum atomic E-state index is 0. The summed E-state index contributed by atoms with van der Waals surface area (Å²) < 4.78 is 0. The Morgan fingerprint density at radius 3 is 2.34 bits per heavy atom. The highest BCUT2D eigenvalue weighted by atomic mass is 127. The van der Waals surface area contributed by atoms with Gasteiger partial charge in [-0.2, -0.15) is 0 Å². The van der Waals surface area contributed by atoms with E-state index in [-0.39, 0.29) is 29.9 Å². The molecule has 7 heteroatoms. The van der Waals surface area contributed by atoms with Crippen molar-refractivity contribution < 1.29 is 4.79 Å². The van der Waals surface area contributed by atoms with Crippen molar-refractivity contribution in [2.45, 2.75) is 66.0 Å². The number of amides is 1. The van der Waals surface area contributed by atoms with Crippen LogP contribution in [0.4, 0.5) is 5.69 Å². The molecule has 1 aromatic rings. The summed E-state index contributed by atoms with van der Waals surface area (Å²) in [7, 11) is 1.80. The van der Waals surface area contributed by atoms with E-state index in [1.165, 1.54) is 6.42 Å². The van der Waals surface area contributed by atoms with Crippen molar-refractivity contribution in [1.29, 1.82) is 0 Å². The number of hydrogen-bond acceptors (Lipinski definition) is 3. The highest BCUT2D eigenvalue weighted by Gasteiger charge is 2.07. The first kappa shape index (κ1) is 27.6. The average Bonchev–Trinajstić information content (AvgIpc) is 2.69. The van der Waals surface area contributed by atoms with Gasteiger partial charge >= 0.3 is 0 Å². The van der Waals surface area contributed by atoms with Gasteiger partial charge in [-0.1, -0.05) is 32.9 Å². The van der Waals surface area contributed by atoms with Gasteiger partial charge in [0.1, 0.15) is 0 Å². The molecule has 0 saturated carbocycles. The van der Waals surface area contributed by atoms with Crippen LogP contribution in [0.15, 0.2) is 29.3 Å². The fraction of sp³-hybridized carbons (Fsp3) is 0.636. The maximum atomic E-state index is 11.7. The third-order valence-corrected chi connectivity index (χ3v) is 4.79. The Hall–Kier alpha value is -1.35. The van der Waals surface area contributed by atoms with Crippen molar-refractivity contribution in [2.75, 3.05) is 32.0 Å². The number of hydrogen-bond donors (Lipinski definition) is 3. The van der Waals surface area contributed by atoms with Gasteiger partial charge in [-0.3, -0.25) is 9.79 Å². The molecule has 0 spiro atoms. The normalized spacial score (nSPS) is 12.3. The van der Waals surface area contributed by atoms with Gasteiger partial charge in [0.25, 0.3) is 0 Å². The van der Waals surface area contributed by atoms with Crippen LogP contribution in [0, 0.1) is 0 Å². The van der Waals surface area contributed by atoms with Gasteiger partial charge in [-0.05, 0) is 63.5 Å². The predicted octanol–water partition coefficient (Wildman–Crippen LogP) is 4.22. The van der Waals surface area contributed by atoms with Crippen LogP contribution >= 0.6 is 24.0 Å². The summed E-state index contributed by atoms with van der Waals surface area (Å²) in [6.07, 6.45) is 3.70. The fourth-order valence-corrected chi connectivity index (χ4v) is 3.00. The minimum absolute atomic E-state index is 0. The number of nitrogens with one attached hydrogen (secondary N) is 3. The molecular weight excluding hydrogens is 477 g/mol. The van der Waals surface area contributed by atoms with Gasteiger partial charge < -0.3 is 20.9 Å². The summed E-state index contributed by atoms with van der Waals surface area (Å²) in [5.74, 6) is 0.878. The van der Waals surface area contributed by atoms with Crippen LogP contribution in [0.3, 0.4) is 0 Å². The summed E-state index contributed by atoms with van der Waals surface area (Å²) in [6.45, 7) is 12.7. The van der Waals surface area contributed by atoms with Gasteiger partial charge in [0.15, 0.2) is 5.96 Å². The number of guanidine groups is 1. The van der Waals surface area contributed by atoms with Crippen molar-refractivity contribution in [3.05, 3.63) is 29.8 Å². The smallest absolute Gasteiger partial charge is 0.224 e. The van der Waals surface area contributed by atoms with Gasteiger partial charge in [0.2, 0.25) is 5.91 Å². The number of rotatable bonds is 12. The molecule has 6 nitrogen and oxygen atoms in total. The van der Waals surface area contributed by atoms with Gasteiger partial charge in [-0.25, -0.2) is 0 Å². The lowest BCUT2D eigenvalue weighted by Crippen LogP contribution is -2.42. The van der Waals surface area contributed by atoms with E-state index in [0.29, 0.717) is 19.0 Å². The van der Waals surface area contributed by atoms with Crippen LogP contribution in [0.1, 0.15) is 58.9 Å². The molecule has 1 atom stereocenters. The highest BCUT2D eigenvalue weighted by Crippen LogP contribution is 2.10. The van der Waals surface area contributed by atoms with Crippen molar-refractivity contribution >= 4 is 41.5 Å². The van der Waals surface area contributed by atoms with Crippen LogP contribution < -0.4 is 16.0 Å². The van der Waals surface area contributed by atoms with Crippen molar-refractivity contribution in [2.24, 2.45) is 4.99 Å². The SMILES string of the molecule is CCCC(=O)Nc1ccc(CNC(=NC)NC(C)CCCN(CC)CC)cc1.I. The van der Waals surface area contributed by atoms with E-state index >= 15 is 0 Å². The highest BCUT2D eigenvalue weighted by molar-refractivity contribution is 14.0. The molecule has 1 aromatic carbocycles. The lowest BCUT2D eigenvalue weighted by Gasteiger charge is -2.21. The first-order chi connectivity index (χ1) is 13.5. The molecule has 0 fully saturated rings. The summed E-state index contributed by atoms with van der Waals surface area (Å²) in [4.78, 5) is 18.4. The second-order valence-electron chi connectivity index (χ2n) is 7.14. The molecule has 1 unspecified atom stereocenters. The minimum Gasteiger partial charge on any atom is -0.354 e.